The van der Waals surface area contributed by atoms with Crippen LogP contribution in [0.25, 0.3) is 0 Å². The molecule has 1 N–H and O–H groups in total. The molecule has 3 aromatic rings. The third kappa shape index (κ3) is 5.57. The topological polar surface area (TPSA) is 105 Å². The van der Waals surface area contributed by atoms with Gasteiger partial charge in [0.25, 0.3) is 5.56 Å². The summed E-state index contributed by atoms with van der Waals surface area (Å²) < 4.78 is 26.5. The molecule has 1 atom stereocenters. The van der Waals surface area contributed by atoms with Crippen LogP contribution in [0, 0.1) is 6.92 Å². The van der Waals surface area contributed by atoms with E-state index < -0.39 is 10.0 Å². The number of aromatic nitrogens is 2. The zero-order valence-electron chi connectivity index (χ0n) is 20.8. The molecule has 1 aromatic heterocycles. The third-order valence-corrected chi connectivity index (χ3v) is 8.43. The molecular weight excluding hydrogens is 476 g/mol. The first kappa shape index (κ1) is 25.8. The molecule has 0 amide bonds. The van der Waals surface area contributed by atoms with Gasteiger partial charge in [-0.05, 0) is 54.0 Å². The lowest BCUT2D eigenvalue weighted by molar-refractivity contribution is 0.317. The van der Waals surface area contributed by atoms with Crippen molar-refractivity contribution in [1.82, 2.24) is 14.1 Å². The first-order chi connectivity index (χ1) is 17.2. The summed E-state index contributed by atoms with van der Waals surface area (Å²) in [5.41, 5.74) is 4.76. The normalized spacial score (nSPS) is 16.7. The van der Waals surface area contributed by atoms with Crippen LogP contribution < -0.4 is 5.56 Å². The maximum absolute atomic E-state index is 12.7. The number of hydrogen-bond donors (Lipinski definition) is 1. The Morgan fingerprint density at radius 1 is 1.11 bits per heavy atom. The maximum Gasteiger partial charge on any atom is 0.275 e. The standard InChI is InChI=1S/C27H32N4O4S/c1-19-6-4-5-7-23(19)25(18-26(29-33)24-12-15-28-30(2)27(24)32)22-10-8-20(9-11-22)21-13-16-31(17-14-21)36(3,34)35/h4-12,15,21,25,33H,13-14,16-18H2,1-3H3/t25-/m1/s1. The molecule has 0 spiro atoms. The average molecular weight is 509 g/mol. The molecule has 1 aliphatic rings. The fourth-order valence-corrected chi connectivity index (χ4v) is 5.90. The zero-order valence-corrected chi connectivity index (χ0v) is 21.6. The lowest BCUT2D eigenvalue weighted by Crippen LogP contribution is -2.37. The molecule has 0 unspecified atom stereocenters. The van der Waals surface area contributed by atoms with Gasteiger partial charge in [-0.15, -0.1) is 0 Å². The van der Waals surface area contributed by atoms with Crippen LogP contribution in [-0.4, -0.2) is 52.8 Å². The van der Waals surface area contributed by atoms with Gasteiger partial charge in [-0.3, -0.25) is 4.79 Å². The Balaban J connectivity index is 1.63. The molecule has 1 aliphatic heterocycles. The van der Waals surface area contributed by atoms with Gasteiger partial charge in [0.15, 0.2) is 0 Å². The molecule has 0 aliphatic carbocycles. The van der Waals surface area contributed by atoms with E-state index >= 15 is 0 Å². The van der Waals surface area contributed by atoms with Crippen LogP contribution >= 0.6 is 0 Å². The molecule has 0 bridgehead atoms. The van der Waals surface area contributed by atoms with Crippen LogP contribution in [0.3, 0.4) is 0 Å². The highest BCUT2D eigenvalue weighted by Gasteiger charge is 2.26. The minimum absolute atomic E-state index is 0.129. The van der Waals surface area contributed by atoms with Crippen LogP contribution in [-0.2, 0) is 17.1 Å². The van der Waals surface area contributed by atoms with E-state index in [0.29, 0.717) is 36.7 Å². The van der Waals surface area contributed by atoms with Crippen LogP contribution in [0.2, 0.25) is 0 Å². The number of aryl methyl sites for hydroxylation is 2. The minimum Gasteiger partial charge on any atom is -0.411 e. The molecule has 1 saturated heterocycles. The van der Waals surface area contributed by atoms with Crippen molar-refractivity contribution in [3.8, 4) is 0 Å². The highest BCUT2D eigenvalue weighted by atomic mass is 32.2. The monoisotopic (exact) mass is 508 g/mol. The van der Waals surface area contributed by atoms with Gasteiger partial charge < -0.3 is 5.21 Å². The van der Waals surface area contributed by atoms with Gasteiger partial charge >= 0.3 is 0 Å². The minimum atomic E-state index is -3.15. The molecular formula is C27H32N4O4S. The Morgan fingerprint density at radius 2 is 1.78 bits per heavy atom. The van der Waals surface area contributed by atoms with Crippen LogP contribution in [0.5, 0.6) is 0 Å². The predicted molar refractivity (Wildman–Crippen MR) is 140 cm³/mol. The van der Waals surface area contributed by atoms with Gasteiger partial charge in [-0.2, -0.15) is 5.10 Å². The smallest absolute Gasteiger partial charge is 0.275 e. The van der Waals surface area contributed by atoms with Crippen LogP contribution in [0.4, 0.5) is 0 Å². The molecule has 2 aromatic carbocycles. The Kier molecular flexibility index (Phi) is 7.70. The van der Waals surface area contributed by atoms with Crippen molar-refractivity contribution in [2.45, 2.75) is 38.0 Å². The molecule has 2 heterocycles. The summed E-state index contributed by atoms with van der Waals surface area (Å²) in [4.78, 5) is 12.7. The van der Waals surface area contributed by atoms with Gasteiger partial charge in [0.2, 0.25) is 10.0 Å². The summed E-state index contributed by atoms with van der Waals surface area (Å²) in [6, 6.07) is 18.1. The lowest BCUT2D eigenvalue weighted by atomic mass is 9.82. The number of rotatable bonds is 7. The number of oxime groups is 1. The van der Waals surface area contributed by atoms with Gasteiger partial charge in [0.05, 0.1) is 17.5 Å². The van der Waals surface area contributed by atoms with E-state index in [1.165, 1.54) is 22.7 Å². The van der Waals surface area contributed by atoms with Crippen molar-refractivity contribution in [3.63, 3.8) is 0 Å². The third-order valence-electron chi connectivity index (χ3n) is 7.13. The van der Waals surface area contributed by atoms with Crippen molar-refractivity contribution in [3.05, 3.63) is 99.0 Å². The van der Waals surface area contributed by atoms with Crippen molar-refractivity contribution < 1.29 is 13.6 Å². The van der Waals surface area contributed by atoms with E-state index in [4.69, 9.17) is 0 Å². The van der Waals surface area contributed by atoms with Gasteiger partial charge in [-0.25, -0.2) is 17.4 Å². The number of hydrogen-bond acceptors (Lipinski definition) is 6. The maximum atomic E-state index is 12.7. The SMILES string of the molecule is Cc1ccccc1[C@H](CC(=NO)c1ccnn(C)c1=O)c1ccc(C2CCN(S(C)(=O)=O)CC2)cc1. The molecule has 0 radical (unpaired) electrons. The first-order valence-corrected chi connectivity index (χ1v) is 13.9. The van der Waals surface area contributed by atoms with E-state index in [1.807, 2.05) is 25.1 Å². The van der Waals surface area contributed by atoms with E-state index in [2.05, 4.69) is 40.6 Å². The summed E-state index contributed by atoms with van der Waals surface area (Å²) in [5, 5.41) is 17.4. The summed E-state index contributed by atoms with van der Waals surface area (Å²) in [5.74, 6) is 0.180. The Morgan fingerprint density at radius 3 is 2.39 bits per heavy atom. The number of nitrogens with zero attached hydrogens (tertiary/aromatic N) is 4. The largest absolute Gasteiger partial charge is 0.411 e. The highest BCUT2D eigenvalue weighted by Crippen LogP contribution is 2.34. The summed E-state index contributed by atoms with van der Waals surface area (Å²) in [6.45, 7) is 3.12. The first-order valence-electron chi connectivity index (χ1n) is 12.0. The molecule has 36 heavy (non-hydrogen) atoms. The second kappa shape index (κ2) is 10.8. The Bertz CT molecular complexity index is 1410. The fourth-order valence-electron chi connectivity index (χ4n) is 5.03. The molecule has 4 rings (SSSR count). The van der Waals surface area contributed by atoms with Crippen molar-refractivity contribution in [1.29, 1.82) is 0 Å². The van der Waals surface area contributed by atoms with Crippen molar-refractivity contribution in [2.75, 3.05) is 19.3 Å². The molecule has 8 nitrogen and oxygen atoms in total. The number of piperidine rings is 1. The van der Waals surface area contributed by atoms with Crippen LogP contribution in [0.1, 0.15) is 58.9 Å². The van der Waals surface area contributed by atoms with E-state index in [-0.39, 0.29) is 11.5 Å². The number of sulfonamides is 1. The predicted octanol–water partition coefficient (Wildman–Crippen LogP) is 3.63. The molecule has 1 fully saturated rings. The van der Waals surface area contributed by atoms with Crippen LogP contribution in [0.15, 0.2) is 70.7 Å². The van der Waals surface area contributed by atoms with Crippen molar-refractivity contribution in [2.24, 2.45) is 12.2 Å². The quantitative estimate of drug-likeness (QED) is 0.298. The molecule has 190 valence electrons. The van der Waals surface area contributed by atoms with Crippen molar-refractivity contribution >= 4 is 15.7 Å². The van der Waals surface area contributed by atoms with Gasteiger partial charge in [0.1, 0.15) is 0 Å². The lowest BCUT2D eigenvalue weighted by Gasteiger charge is -2.30. The molecule has 0 saturated carbocycles. The Labute approximate surface area is 211 Å². The van der Waals surface area contributed by atoms with E-state index in [1.54, 1.807) is 17.4 Å². The summed E-state index contributed by atoms with van der Waals surface area (Å²) in [7, 11) is -1.58. The Hall–Kier alpha value is -3.30. The van der Waals surface area contributed by atoms with Gasteiger partial charge in [0, 0.05) is 38.7 Å². The van der Waals surface area contributed by atoms with Gasteiger partial charge in [-0.1, -0.05) is 53.7 Å². The number of benzene rings is 2. The van der Waals surface area contributed by atoms with E-state index in [9.17, 15) is 18.4 Å². The fraction of sp³-hybridized carbons (Fsp3) is 0.370. The molecule has 9 heteroatoms. The second-order valence-electron chi connectivity index (χ2n) is 9.44. The average Bonchev–Trinajstić information content (AvgIpc) is 2.87. The zero-order chi connectivity index (χ0) is 25.9. The highest BCUT2D eigenvalue weighted by molar-refractivity contribution is 7.88. The van der Waals surface area contributed by atoms with E-state index in [0.717, 1.165) is 29.5 Å². The second-order valence-corrected chi connectivity index (χ2v) is 11.4. The summed E-state index contributed by atoms with van der Waals surface area (Å²) >= 11 is 0. The summed E-state index contributed by atoms with van der Waals surface area (Å²) in [6.07, 6.45) is 4.71.